The molecule has 9 unspecified atom stereocenters. The predicted octanol–water partition coefficient (Wildman–Crippen LogP) is 7.35. The highest BCUT2D eigenvalue weighted by Crippen LogP contribution is 2.50. The number of fused-ring (bicyclic) bond motifs is 9. The summed E-state index contributed by atoms with van der Waals surface area (Å²) in [6, 6.07) is 23.8. The maximum Gasteiger partial charge on any atom is 0.332 e. The van der Waals surface area contributed by atoms with Crippen LogP contribution < -0.4 is 16.4 Å². The van der Waals surface area contributed by atoms with E-state index in [1.54, 1.807) is 6.92 Å². The van der Waals surface area contributed by atoms with E-state index < -0.39 is 28.6 Å². The first-order valence-electron chi connectivity index (χ1n) is 26.5. The minimum Gasteiger partial charge on any atom is -0.481 e. The van der Waals surface area contributed by atoms with Crippen molar-refractivity contribution in [3.05, 3.63) is 106 Å². The number of esters is 2. The van der Waals surface area contributed by atoms with Crippen molar-refractivity contribution >= 4 is 35.7 Å². The van der Waals surface area contributed by atoms with Crippen LogP contribution in [0.3, 0.4) is 0 Å². The lowest BCUT2D eigenvalue weighted by Gasteiger charge is -2.31. The van der Waals surface area contributed by atoms with E-state index in [1.165, 1.54) is 38.5 Å². The molecule has 380 valence electrons. The Morgan fingerprint density at radius 1 is 0.493 bits per heavy atom. The van der Waals surface area contributed by atoms with Gasteiger partial charge in [0.25, 0.3) is 0 Å². The van der Waals surface area contributed by atoms with Crippen molar-refractivity contribution in [3.8, 4) is 0 Å². The van der Waals surface area contributed by atoms with Gasteiger partial charge in [-0.3, -0.25) is 19.2 Å². The first-order valence-corrected chi connectivity index (χ1v) is 26.5. The summed E-state index contributed by atoms with van der Waals surface area (Å²) in [6.45, 7) is 4.32. The van der Waals surface area contributed by atoms with E-state index in [9.17, 15) is 33.9 Å². The molecule has 9 aliphatic carbocycles. The maximum atomic E-state index is 12.9. The van der Waals surface area contributed by atoms with Gasteiger partial charge in [-0.15, -0.1) is 0 Å². The number of carboxylic acid groups (broad SMARTS) is 2. The highest BCUT2D eigenvalue weighted by atomic mass is 16.5. The third kappa shape index (κ3) is 10.5. The number of benzene rings is 3. The van der Waals surface area contributed by atoms with Crippen LogP contribution in [0.25, 0.3) is 0 Å². The average Bonchev–Trinajstić information content (AvgIpc) is 4.23. The Bertz CT molecular complexity index is 2430. The molecule has 9 aliphatic rings. The van der Waals surface area contributed by atoms with E-state index in [4.69, 9.17) is 20.3 Å². The van der Waals surface area contributed by atoms with Crippen LogP contribution in [-0.2, 0) is 76.8 Å². The number of rotatable bonds is 10. The summed E-state index contributed by atoms with van der Waals surface area (Å²) in [5.74, 6) is 1.74. The monoisotopic (exact) mass is 972 g/mol. The molecule has 0 heterocycles. The normalized spacial score (nSPS) is 29.4. The average molecular weight is 972 g/mol. The molecule has 12 rings (SSSR count). The molecule has 0 radical (unpaired) electrons. The van der Waals surface area contributed by atoms with Gasteiger partial charge in [0.1, 0.15) is 16.6 Å². The van der Waals surface area contributed by atoms with Gasteiger partial charge in [0.15, 0.2) is 0 Å². The summed E-state index contributed by atoms with van der Waals surface area (Å²) in [5.41, 5.74) is 9.82. The second kappa shape index (κ2) is 20.9. The molecule has 0 saturated heterocycles. The van der Waals surface area contributed by atoms with Crippen LogP contribution in [0, 0.1) is 53.3 Å². The van der Waals surface area contributed by atoms with Gasteiger partial charge in [-0.05, 0) is 141 Å². The Labute approximate surface area is 417 Å². The highest BCUT2D eigenvalue weighted by Gasteiger charge is 2.52. The number of nitrogens with two attached hydrogens (primary N) is 1. The summed E-state index contributed by atoms with van der Waals surface area (Å²) >= 11 is 0. The molecule has 0 spiro atoms. The molecule has 0 aliphatic heterocycles. The van der Waals surface area contributed by atoms with E-state index in [0.717, 1.165) is 77.8 Å². The molecule has 6 fully saturated rings. The van der Waals surface area contributed by atoms with Crippen molar-refractivity contribution in [2.45, 2.75) is 146 Å². The molecular weight excluding hydrogens is 899 g/mol. The smallest absolute Gasteiger partial charge is 0.332 e. The lowest BCUT2D eigenvalue weighted by Crippen LogP contribution is -2.58. The minimum atomic E-state index is -1.15. The second-order valence-corrected chi connectivity index (χ2v) is 22.6. The fraction of sp³-hybridized carbons (Fsp3) is 0.586. The summed E-state index contributed by atoms with van der Waals surface area (Å²) in [4.78, 5) is 72.5. The topological polar surface area (TPSA) is 211 Å². The Hall–Kier alpha value is -5.56. The van der Waals surface area contributed by atoms with Crippen molar-refractivity contribution in [2.24, 2.45) is 59.0 Å². The van der Waals surface area contributed by atoms with Gasteiger partial charge in [-0.1, -0.05) is 92.1 Å². The van der Waals surface area contributed by atoms with Crippen LogP contribution in [0.15, 0.2) is 72.8 Å². The third-order valence-electron chi connectivity index (χ3n) is 18.0. The molecule has 6 N–H and O–H groups in total. The molecule has 0 aromatic heterocycles. The quantitative estimate of drug-likeness (QED) is 0.127. The van der Waals surface area contributed by atoms with Crippen LogP contribution >= 0.6 is 0 Å². The van der Waals surface area contributed by atoms with Gasteiger partial charge in [0, 0.05) is 50.4 Å². The number of ether oxygens (including phenoxy) is 2. The predicted molar refractivity (Wildman–Crippen MR) is 266 cm³/mol. The minimum absolute atomic E-state index is 0.0127. The van der Waals surface area contributed by atoms with Crippen LogP contribution in [-0.4, -0.2) is 75.7 Å². The number of carbonyl (C=O) groups excluding carboxylic acids is 4. The molecule has 6 bridgehead atoms. The van der Waals surface area contributed by atoms with E-state index >= 15 is 0 Å². The zero-order chi connectivity index (χ0) is 50.1. The van der Waals surface area contributed by atoms with E-state index in [1.807, 2.05) is 79.7 Å². The molecule has 9 atom stereocenters. The van der Waals surface area contributed by atoms with Crippen LogP contribution in [0.5, 0.6) is 0 Å². The summed E-state index contributed by atoms with van der Waals surface area (Å²) in [5, 5.41) is 24.5. The van der Waals surface area contributed by atoms with E-state index in [-0.39, 0.29) is 41.5 Å². The highest BCUT2D eigenvalue weighted by molar-refractivity contribution is 5.91. The number of hydrogen-bond donors (Lipinski definition) is 5. The molecule has 13 nitrogen and oxygen atoms in total. The number of carbonyl (C=O) groups is 6. The fourth-order valence-electron chi connectivity index (χ4n) is 14.5. The van der Waals surface area contributed by atoms with Gasteiger partial charge in [0.05, 0.1) is 19.1 Å². The summed E-state index contributed by atoms with van der Waals surface area (Å²) in [7, 11) is 0. The van der Waals surface area contributed by atoms with Crippen molar-refractivity contribution in [1.82, 2.24) is 10.6 Å². The number of aliphatic carboxylic acids is 2. The van der Waals surface area contributed by atoms with E-state index in [0.29, 0.717) is 81.3 Å². The lowest BCUT2D eigenvalue weighted by atomic mass is 9.86. The zero-order valence-corrected chi connectivity index (χ0v) is 41.5. The molecule has 13 heteroatoms. The number of hydrogen-bond acceptors (Lipinski definition) is 9. The van der Waals surface area contributed by atoms with Gasteiger partial charge >= 0.3 is 23.9 Å². The second-order valence-electron chi connectivity index (χ2n) is 22.6. The fourth-order valence-corrected chi connectivity index (χ4v) is 14.5. The van der Waals surface area contributed by atoms with Gasteiger partial charge < -0.3 is 36.1 Å². The number of amides is 2. The van der Waals surface area contributed by atoms with Gasteiger partial charge in [0.2, 0.25) is 11.8 Å². The van der Waals surface area contributed by atoms with Crippen molar-refractivity contribution < 1.29 is 48.5 Å². The van der Waals surface area contributed by atoms with Crippen molar-refractivity contribution in [2.75, 3.05) is 13.2 Å². The van der Waals surface area contributed by atoms with Gasteiger partial charge in [-0.25, -0.2) is 9.59 Å². The first-order chi connectivity index (χ1) is 34.1. The van der Waals surface area contributed by atoms with Crippen LogP contribution in [0.2, 0.25) is 0 Å². The van der Waals surface area contributed by atoms with Crippen molar-refractivity contribution in [1.29, 1.82) is 0 Å². The third-order valence-corrected chi connectivity index (χ3v) is 18.0. The summed E-state index contributed by atoms with van der Waals surface area (Å²) in [6.07, 6.45) is 16.7. The van der Waals surface area contributed by atoms with Crippen LogP contribution in [0.4, 0.5) is 0 Å². The standard InChI is InChI=1S/C20H25NO3.C18H21NO3.C12H15NO2.C8H12O2/c1-2-24-19(23)20(11-15-5-3-4-6-16(15)12-20)21-18(22)17-10-13-7-8-14(17)9-13;20-16(15-8-11-5-6-12(15)7-11)19-18(17(21)22)9-13-3-1-2-4-14(13)10-18;1-2-15-11(14)12(13)7-9-5-3-4-6-10(9)8-12;9-8(10)7-4-5-1-2-6(7)3-5/h3-6,13-14,17H,2,7-12H2,1H3,(H,21,22);1-4,11-12,15H,5-10H2,(H,19,20)(H,21,22);3-6H,2,7-8,13H2,1H3;5-7H,1-4H2,(H,9,10). The Balaban J connectivity index is 0.000000123. The van der Waals surface area contributed by atoms with E-state index in [2.05, 4.69) is 10.6 Å². The Morgan fingerprint density at radius 2 is 0.831 bits per heavy atom. The number of carboxylic acids is 2. The number of nitrogens with one attached hydrogen (secondary N) is 2. The SMILES string of the molecule is CCOC(=O)C1(N)Cc2ccccc2C1.CCOC(=O)C1(NC(=O)C2CC3CCC2C3)Cc2ccccc2C1.O=C(NC1(C(=O)O)Cc2ccccc2C1)C1CC2CCC1C2.O=C(O)C1CC2CCC1C2. The Morgan fingerprint density at radius 3 is 1.14 bits per heavy atom. The zero-order valence-electron chi connectivity index (χ0n) is 41.5. The van der Waals surface area contributed by atoms with Gasteiger partial charge in [-0.2, -0.15) is 0 Å². The van der Waals surface area contributed by atoms with Crippen LogP contribution in [0.1, 0.15) is 124 Å². The molecule has 3 aromatic rings. The molecule has 2 amide bonds. The largest absolute Gasteiger partial charge is 0.481 e. The molecule has 6 saturated carbocycles. The lowest BCUT2D eigenvalue weighted by molar-refractivity contribution is -0.153. The van der Waals surface area contributed by atoms with Crippen molar-refractivity contribution in [3.63, 3.8) is 0 Å². The molecule has 3 aromatic carbocycles. The molecule has 71 heavy (non-hydrogen) atoms. The molecular formula is C58H73N3O10. The first kappa shape index (κ1) is 50.4. The Kier molecular flexibility index (Phi) is 14.8. The summed E-state index contributed by atoms with van der Waals surface area (Å²) < 4.78 is 10.3. The maximum absolute atomic E-state index is 12.9.